The lowest BCUT2D eigenvalue weighted by Crippen LogP contribution is -2.17. The molecule has 0 fully saturated rings. The Balaban J connectivity index is 1.73. The molecule has 4 rings (SSSR count). The predicted molar refractivity (Wildman–Crippen MR) is 77.9 cm³/mol. The Kier molecular flexibility index (Phi) is 2.73. The number of rotatable bonds is 2. The normalized spacial score (nSPS) is 17.3. The average molecular weight is 281 g/mol. The molecule has 1 atom stereocenters. The molecule has 3 heterocycles. The van der Waals surface area contributed by atoms with Gasteiger partial charge in [-0.15, -0.1) is 0 Å². The van der Waals surface area contributed by atoms with Gasteiger partial charge in [0.2, 0.25) is 11.7 Å². The van der Waals surface area contributed by atoms with E-state index in [1.54, 1.807) is 12.5 Å². The fourth-order valence-corrected chi connectivity index (χ4v) is 2.78. The van der Waals surface area contributed by atoms with Gasteiger partial charge in [0.05, 0.1) is 18.4 Å². The molecule has 2 aromatic heterocycles. The van der Waals surface area contributed by atoms with Gasteiger partial charge in [0.25, 0.3) is 0 Å². The Morgan fingerprint density at radius 1 is 1.33 bits per heavy atom. The number of benzene rings is 1. The monoisotopic (exact) mass is 281 g/mol. The third kappa shape index (κ3) is 1.99. The van der Waals surface area contributed by atoms with Crippen LogP contribution in [-0.2, 0) is 7.05 Å². The zero-order chi connectivity index (χ0) is 14.2. The minimum Gasteiger partial charge on any atom is -0.385 e. The number of hydrogen-bond donors (Lipinski definition) is 1. The van der Waals surface area contributed by atoms with Crippen molar-refractivity contribution in [3.63, 3.8) is 0 Å². The summed E-state index contributed by atoms with van der Waals surface area (Å²) in [6, 6.07) is 8.26. The van der Waals surface area contributed by atoms with Crippen LogP contribution in [0.3, 0.4) is 0 Å². The summed E-state index contributed by atoms with van der Waals surface area (Å²) in [6.07, 6.45) is 4.42. The number of aromatic nitrogens is 4. The lowest BCUT2D eigenvalue weighted by molar-refractivity contribution is 0.361. The van der Waals surface area contributed by atoms with E-state index in [0.717, 1.165) is 24.3 Å². The number of imidazole rings is 1. The predicted octanol–water partition coefficient (Wildman–Crippen LogP) is 2.42. The van der Waals surface area contributed by atoms with Crippen molar-refractivity contribution in [2.24, 2.45) is 7.05 Å². The Bertz CT molecular complexity index is 776. The highest BCUT2D eigenvalue weighted by molar-refractivity contribution is 5.56. The molecule has 21 heavy (non-hydrogen) atoms. The van der Waals surface area contributed by atoms with E-state index in [0.29, 0.717) is 11.7 Å². The summed E-state index contributed by atoms with van der Waals surface area (Å²) in [5.41, 5.74) is 3.21. The number of para-hydroxylation sites is 1. The molecule has 0 saturated heterocycles. The van der Waals surface area contributed by atoms with Gasteiger partial charge in [-0.1, -0.05) is 23.4 Å². The third-order valence-electron chi connectivity index (χ3n) is 3.87. The molecular weight excluding hydrogens is 266 g/mol. The van der Waals surface area contributed by atoms with Crippen LogP contribution in [0.4, 0.5) is 5.69 Å². The fraction of sp³-hybridized carbons (Fsp3) is 0.267. The molecule has 0 bridgehead atoms. The van der Waals surface area contributed by atoms with Crippen LogP contribution in [0.2, 0.25) is 0 Å². The molecule has 1 unspecified atom stereocenters. The summed E-state index contributed by atoms with van der Waals surface area (Å²) in [7, 11) is 1.91. The van der Waals surface area contributed by atoms with Crippen molar-refractivity contribution in [2.45, 2.75) is 12.3 Å². The number of hydrogen-bond acceptors (Lipinski definition) is 5. The summed E-state index contributed by atoms with van der Waals surface area (Å²) in [5.74, 6) is 1.40. The van der Waals surface area contributed by atoms with Crippen LogP contribution in [0.15, 0.2) is 41.3 Å². The van der Waals surface area contributed by atoms with Gasteiger partial charge in [0.15, 0.2) is 0 Å². The van der Waals surface area contributed by atoms with Gasteiger partial charge < -0.3 is 14.4 Å². The topological polar surface area (TPSA) is 68.8 Å². The SMILES string of the molecule is Cn1cncc1-c1noc(C2CCNc3ccccc32)n1. The van der Waals surface area contributed by atoms with Crippen molar-refractivity contribution in [3.05, 3.63) is 48.2 Å². The smallest absolute Gasteiger partial charge is 0.234 e. The van der Waals surface area contributed by atoms with Crippen LogP contribution in [0.5, 0.6) is 0 Å². The Morgan fingerprint density at radius 2 is 2.24 bits per heavy atom. The van der Waals surface area contributed by atoms with E-state index in [1.807, 2.05) is 23.7 Å². The first-order valence-corrected chi connectivity index (χ1v) is 6.96. The average Bonchev–Trinajstić information content (AvgIpc) is 3.15. The molecule has 1 aromatic carbocycles. The van der Waals surface area contributed by atoms with E-state index < -0.39 is 0 Å². The molecule has 0 radical (unpaired) electrons. The summed E-state index contributed by atoms with van der Waals surface area (Å²) < 4.78 is 7.39. The van der Waals surface area contributed by atoms with Gasteiger partial charge in [-0.3, -0.25) is 0 Å². The van der Waals surface area contributed by atoms with Gasteiger partial charge in [-0.25, -0.2) is 4.98 Å². The lowest BCUT2D eigenvalue weighted by atomic mass is 9.91. The molecule has 0 saturated carbocycles. The minimum atomic E-state index is 0.150. The second-order valence-corrected chi connectivity index (χ2v) is 5.20. The van der Waals surface area contributed by atoms with Gasteiger partial charge in [-0.05, 0) is 18.1 Å². The van der Waals surface area contributed by atoms with Crippen molar-refractivity contribution in [1.82, 2.24) is 19.7 Å². The fourth-order valence-electron chi connectivity index (χ4n) is 2.78. The quantitative estimate of drug-likeness (QED) is 0.781. The highest BCUT2D eigenvalue weighted by Crippen LogP contribution is 2.35. The number of fused-ring (bicyclic) bond motifs is 1. The molecular formula is C15H15N5O. The van der Waals surface area contributed by atoms with Gasteiger partial charge in [-0.2, -0.15) is 4.98 Å². The second-order valence-electron chi connectivity index (χ2n) is 5.20. The number of nitrogens with one attached hydrogen (secondary N) is 1. The second kappa shape index (κ2) is 4.73. The highest BCUT2D eigenvalue weighted by Gasteiger charge is 2.26. The largest absolute Gasteiger partial charge is 0.385 e. The Hall–Kier alpha value is -2.63. The third-order valence-corrected chi connectivity index (χ3v) is 3.87. The van der Waals surface area contributed by atoms with Crippen LogP contribution in [0, 0.1) is 0 Å². The first-order chi connectivity index (χ1) is 10.3. The molecule has 1 N–H and O–H groups in total. The molecule has 3 aromatic rings. The summed E-state index contributed by atoms with van der Waals surface area (Å²) in [6.45, 7) is 0.908. The number of aryl methyl sites for hydroxylation is 1. The zero-order valence-corrected chi connectivity index (χ0v) is 11.7. The molecule has 1 aliphatic heterocycles. The van der Waals surface area contributed by atoms with E-state index in [2.05, 4.69) is 32.6 Å². The molecule has 0 amide bonds. The molecule has 1 aliphatic rings. The molecule has 106 valence electrons. The van der Waals surface area contributed by atoms with Crippen LogP contribution in [0.25, 0.3) is 11.5 Å². The molecule has 6 nitrogen and oxygen atoms in total. The first-order valence-electron chi connectivity index (χ1n) is 6.96. The Morgan fingerprint density at radius 3 is 3.10 bits per heavy atom. The van der Waals surface area contributed by atoms with Crippen molar-refractivity contribution in [1.29, 1.82) is 0 Å². The van der Waals surface area contributed by atoms with E-state index in [-0.39, 0.29) is 5.92 Å². The van der Waals surface area contributed by atoms with Crippen LogP contribution in [-0.4, -0.2) is 26.2 Å². The van der Waals surface area contributed by atoms with E-state index in [1.165, 1.54) is 5.56 Å². The van der Waals surface area contributed by atoms with Crippen molar-refractivity contribution >= 4 is 5.69 Å². The summed E-state index contributed by atoms with van der Waals surface area (Å²) in [4.78, 5) is 8.66. The van der Waals surface area contributed by atoms with Crippen LogP contribution >= 0.6 is 0 Å². The van der Waals surface area contributed by atoms with Gasteiger partial charge >= 0.3 is 0 Å². The summed E-state index contributed by atoms with van der Waals surface area (Å²) >= 11 is 0. The maximum Gasteiger partial charge on any atom is 0.234 e. The highest BCUT2D eigenvalue weighted by atomic mass is 16.5. The molecule has 6 heteroatoms. The maximum atomic E-state index is 5.51. The Labute approximate surface area is 121 Å². The lowest BCUT2D eigenvalue weighted by Gasteiger charge is -2.23. The van der Waals surface area contributed by atoms with Gasteiger partial charge in [0.1, 0.15) is 5.69 Å². The van der Waals surface area contributed by atoms with Crippen molar-refractivity contribution in [3.8, 4) is 11.5 Å². The van der Waals surface area contributed by atoms with E-state index >= 15 is 0 Å². The number of anilines is 1. The zero-order valence-electron chi connectivity index (χ0n) is 11.7. The molecule has 0 aliphatic carbocycles. The first kappa shape index (κ1) is 12.1. The van der Waals surface area contributed by atoms with Crippen molar-refractivity contribution < 1.29 is 4.52 Å². The van der Waals surface area contributed by atoms with Crippen LogP contribution in [0.1, 0.15) is 23.8 Å². The minimum absolute atomic E-state index is 0.150. The summed E-state index contributed by atoms with van der Waals surface area (Å²) in [5, 5.41) is 7.50. The van der Waals surface area contributed by atoms with E-state index in [9.17, 15) is 0 Å². The van der Waals surface area contributed by atoms with E-state index in [4.69, 9.17) is 4.52 Å². The van der Waals surface area contributed by atoms with Crippen molar-refractivity contribution in [2.75, 3.05) is 11.9 Å². The van der Waals surface area contributed by atoms with Gasteiger partial charge in [0, 0.05) is 19.3 Å². The standard InChI is InChI=1S/C15H15N5O/c1-20-9-16-8-13(20)14-18-15(21-19-14)11-6-7-17-12-5-3-2-4-10(11)12/h2-5,8-9,11,17H,6-7H2,1H3. The van der Waals surface area contributed by atoms with Crippen LogP contribution < -0.4 is 5.32 Å². The molecule has 0 spiro atoms. The maximum absolute atomic E-state index is 5.51. The number of nitrogens with zero attached hydrogens (tertiary/aromatic N) is 4.